The van der Waals surface area contributed by atoms with Crippen LogP contribution in [0.1, 0.15) is 40.7 Å². The van der Waals surface area contributed by atoms with E-state index >= 15 is 0 Å². The molecule has 6 nitrogen and oxygen atoms in total. The molecule has 0 atom stereocenters. The lowest BCUT2D eigenvalue weighted by molar-refractivity contribution is -0.121. The van der Waals surface area contributed by atoms with Gasteiger partial charge in [0.1, 0.15) is 5.01 Å². The van der Waals surface area contributed by atoms with Crippen LogP contribution in [0.3, 0.4) is 0 Å². The van der Waals surface area contributed by atoms with Crippen LogP contribution in [0.15, 0.2) is 36.4 Å². The average molecular weight is 506 g/mol. The monoisotopic (exact) mass is 505 g/mol. The minimum Gasteiger partial charge on any atom is -0.462 e. The van der Waals surface area contributed by atoms with E-state index in [9.17, 15) is 9.59 Å². The molecule has 0 saturated carbocycles. The highest BCUT2D eigenvalue weighted by atomic mass is 35.5. The Morgan fingerprint density at radius 3 is 2.67 bits per heavy atom. The molecule has 174 valence electrons. The van der Waals surface area contributed by atoms with Gasteiger partial charge in [-0.05, 0) is 55.7 Å². The molecule has 9 heteroatoms. The summed E-state index contributed by atoms with van der Waals surface area (Å²) in [5.41, 5.74) is 2.41. The minimum atomic E-state index is -0.349. The SMILES string of the molecule is CCOC(=O)c1ccc2nc(CC(=O)NC3CCN(Cc4ccc(Cl)c(Cl)c4)CC3)sc2c1. The van der Waals surface area contributed by atoms with E-state index in [2.05, 4.69) is 15.2 Å². The Morgan fingerprint density at radius 2 is 1.94 bits per heavy atom. The summed E-state index contributed by atoms with van der Waals surface area (Å²) in [7, 11) is 0. The Bertz CT molecular complexity index is 1160. The molecule has 0 unspecified atom stereocenters. The number of fused-ring (bicyclic) bond motifs is 1. The summed E-state index contributed by atoms with van der Waals surface area (Å²) in [6, 6.07) is 11.2. The number of carbonyl (C=O) groups excluding carboxylic acids is 2. The van der Waals surface area contributed by atoms with Gasteiger partial charge in [0.15, 0.2) is 0 Å². The second-order valence-electron chi connectivity index (χ2n) is 8.05. The summed E-state index contributed by atoms with van der Waals surface area (Å²) in [5, 5.41) is 5.02. The van der Waals surface area contributed by atoms with Gasteiger partial charge < -0.3 is 10.1 Å². The number of carbonyl (C=O) groups is 2. The molecule has 2 heterocycles. The van der Waals surface area contributed by atoms with Crippen molar-refractivity contribution < 1.29 is 14.3 Å². The quantitative estimate of drug-likeness (QED) is 0.452. The summed E-state index contributed by atoms with van der Waals surface area (Å²) in [4.78, 5) is 31.4. The zero-order valence-electron chi connectivity index (χ0n) is 18.3. The van der Waals surface area contributed by atoms with Gasteiger partial charge in [-0.2, -0.15) is 0 Å². The van der Waals surface area contributed by atoms with Crippen molar-refractivity contribution in [2.45, 2.75) is 38.8 Å². The second-order valence-corrected chi connectivity index (χ2v) is 9.98. The van der Waals surface area contributed by atoms with Gasteiger partial charge >= 0.3 is 5.97 Å². The first kappa shape index (κ1) is 24.0. The van der Waals surface area contributed by atoms with Crippen molar-refractivity contribution in [2.75, 3.05) is 19.7 Å². The number of rotatable bonds is 7. The predicted octanol–water partition coefficient (Wildman–Crippen LogP) is 5.10. The van der Waals surface area contributed by atoms with Crippen LogP contribution in [0, 0.1) is 0 Å². The van der Waals surface area contributed by atoms with E-state index in [1.54, 1.807) is 25.1 Å². The standard InChI is InChI=1S/C24H25Cl2N3O3S/c1-2-32-24(31)16-4-6-20-21(12-16)33-23(28-20)13-22(30)27-17-7-9-29(10-8-17)14-15-3-5-18(25)19(26)11-15/h3-6,11-12,17H,2,7-10,13-14H2,1H3,(H,27,30). The molecule has 2 aromatic carbocycles. The van der Waals surface area contributed by atoms with Crippen LogP contribution in [-0.2, 0) is 22.5 Å². The molecule has 1 aliphatic rings. The highest BCUT2D eigenvalue weighted by Gasteiger charge is 2.21. The third-order valence-electron chi connectivity index (χ3n) is 5.60. The largest absolute Gasteiger partial charge is 0.462 e. The molecule has 0 bridgehead atoms. The molecule has 0 radical (unpaired) electrons. The summed E-state index contributed by atoms with van der Waals surface area (Å²) in [6.45, 7) is 4.74. The third kappa shape index (κ3) is 6.23. The Kier molecular flexibility index (Phi) is 7.86. The fourth-order valence-corrected chi connectivity index (χ4v) is 5.26. The van der Waals surface area contributed by atoms with Gasteiger partial charge in [-0.3, -0.25) is 9.69 Å². The molecule has 0 aliphatic carbocycles. The van der Waals surface area contributed by atoms with Crippen molar-refractivity contribution in [3.8, 4) is 0 Å². The van der Waals surface area contributed by atoms with Crippen molar-refractivity contribution >= 4 is 56.6 Å². The number of esters is 1. The lowest BCUT2D eigenvalue weighted by Crippen LogP contribution is -2.44. The smallest absolute Gasteiger partial charge is 0.338 e. The summed E-state index contributed by atoms with van der Waals surface area (Å²) in [6.07, 6.45) is 2.03. The maximum atomic E-state index is 12.6. The van der Waals surface area contributed by atoms with Gasteiger partial charge in [0.2, 0.25) is 5.91 Å². The van der Waals surface area contributed by atoms with Crippen LogP contribution in [0.2, 0.25) is 10.0 Å². The number of aromatic nitrogens is 1. The molecule has 1 saturated heterocycles. The first-order valence-corrected chi connectivity index (χ1v) is 12.5. The highest BCUT2D eigenvalue weighted by Crippen LogP contribution is 2.25. The number of likely N-dealkylation sites (tertiary alicyclic amines) is 1. The lowest BCUT2D eigenvalue weighted by Gasteiger charge is -2.32. The van der Waals surface area contributed by atoms with E-state index in [-0.39, 0.29) is 24.3 Å². The number of ether oxygens (including phenoxy) is 1. The van der Waals surface area contributed by atoms with Crippen LogP contribution in [0.25, 0.3) is 10.2 Å². The number of benzene rings is 2. The molecule has 33 heavy (non-hydrogen) atoms. The zero-order chi connectivity index (χ0) is 23.4. The van der Waals surface area contributed by atoms with E-state index in [0.29, 0.717) is 22.2 Å². The predicted molar refractivity (Wildman–Crippen MR) is 132 cm³/mol. The Labute approximate surface area is 206 Å². The Balaban J connectivity index is 1.27. The van der Waals surface area contributed by atoms with E-state index < -0.39 is 0 Å². The summed E-state index contributed by atoms with van der Waals surface area (Å²) in [5.74, 6) is -0.375. The molecule has 1 aliphatic heterocycles. The molecule has 0 spiro atoms. The van der Waals surface area contributed by atoms with Crippen molar-refractivity contribution in [1.29, 1.82) is 0 Å². The summed E-state index contributed by atoms with van der Waals surface area (Å²) >= 11 is 13.5. The van der Waals surface area contributed by atoms with Gasteiger partial charge in [0.05, 0.1) is 38.9 Å². The van der Waals surface area contributed by atoms with E-state index in [1.165, 1.54) is 11.3 Å². The zero-order valence-corrected chi connectivity index (χ0v) is 20.6. The number of nitrogens with zero attached hydrogens (tertiary/aromatic N) is 2. The lowest BCUT2D eigenvalue weighted by atomic mass is 10.0. The number of thiazole rings is 1. The summed E-state index contributed by atoms with van der Waals surface area (Å²) < 4.78 is 5.92. The van der Waals surface area contributed by atoms with Crippen molar-refractivity contribution in [2.24, 2.45) is 0 Å². The van der Waals surface area contributed by atoms with Crippen LogP contribution >= 0.6 is 34.5 Å². The van der Waals surface area contributed by atoms with Crippen LogP contribution in [0.4, 0.5) is 0 Å². The molecule has 4 rings (SSSR count). The van der Waals surface area contributed by atoms with Crippen LogP contribution in [0.5, 0.6) is 0 Å². The van der Waals surface area contributed by atoms with E-state index in [4.69, 9.17) is 27.9 Å². The third-order valence-corrected chi connectivity index (χ3v) is 7.36. The fraction of sp³-hybridized carbons (Fsp3) is 0.375. The first-order chi connectivity index (χ1) is 15.9. The number of hydrogen-bond donors (Lipinski definition) is 1. The van der Waals surface area contributed by atoms with Gasteiger partial charge in [0.25, 0.3) is 0 Å². The highest BCUT2D eigenvalue weighted by molar-refractivity contribution is 7.18. The Morgan fingerprint density at radius 1 is 1.15 bits per heavy atom. The molecule has 1 aromatic heterocycles. The normalized spacial score (nSPS) is 15.0. The van der Waals surface area contributed by atoms with Crippen LogP contribution < -0.4 is 5.32 Å². The second kappa shape index (κ2) is 10.8. The van der Waals surface area contributed by atoms with Crippen molar-refractivity contribution in [1.82, 2.24) is 15.2 Å². The molecule has 3 aromatic rings. The number of hydrogen-bond acceptors (Lipinski definition) is 6. The number of amides is 1. The molecular weight excluding hydrogens is 481 g/mol. The van der Waals surface area contributed by atoms with Gasteiger partial charge in [-0.25, -0.2) is 9.78 Å². The van der Waals surface area contributed by atoms with E-state index in [1.807, 2.05) is 18.2 Å². The number of halogens is 2. The maximum Gasteiger partial charge on any atom is 0.338 e. The number of piperidine rings is 1. The van der Waals surface area contributed by atoms with Crippen LogP contribution in [-0.4, -0.2) is 47.5 Å². The van der Waals surface area contributed by atoms with Gasteiger partial charge in [-0.1, -0.05) is 29.3 Å². The van der Waals surface area contributed by atoms with E-state index in [0.717, 1.165) is 53.3 Å². The van der Waals surface area contributed by atoms with Crippen molar-refractivity contribution in [3.63, 3.8) is 0 Å². The Hall–Kier alpha value is -2.19. The molecule has 1 fully saturated rings. The molecule has 1 N–H and O–H groups in total. The van der Waals surface area contributed by atoms with Crippen molar-refractivity contribution in [3.05, 3.63) is 62.6 Å². The number of nitrogens with one attached hydrogen (secondary N) is 1. The maximum absolute atomic E-state index is 12.6. The minimum absolute atomic E-state index is 0.0254. The first-order valence-electron chi connectivity index (χ1n) is 10.9. The van der Waals surface area contributed by atoms with Gasteiger partial charge in [-0.15, -0.1) is 11.3 Å². The average Bonchev–Trinajstić information content (AvgIpc) is 3.19. The molecule has 1 amide bonds. The fourth-order valence-electron chi connectivity index (χ4n) is 3.94. The van der Waals surface area contributed by atoms with Gasteiger partial charge in [0, 0.05) is 25.7 Å². The molecular formula is C24H25Cl2N3O3S. The topological polar surface area (TPSA) is 71.5 Å².